The van der Waals surface area contributed by atoms with Crippen LogP contribution < -0.4 is 10.6 Å². The standard InChI is InChI=1S/C17H25ClN4O.HI/c1-4-19-16(20-11-15(23)22(2)3)21-12-17(9-10-17)13-7-5-6-8-14(13)18;/h5-8H,4,9-12H2,1-3H3,(H2,19,20,21);1H. The number of hydrogen-bond donors (Lipinski definition) is 2. The molecule has 1 amide bonds. The molecular formula is C17H26ClIN4O. The zero-order valence-corrected chi connectivity index (χ0v) is 17.5. The zero-order chi connectivity index (χ0) is 16.9. The van der Waals surface area contributed by atoms with E-state index in [1.807, 2.05) is 25.1 Å². The van der Waals surface area contributed by atoms with Gasteiger partial charge in [0, 0.05) is 37.6 Å². The molecule has 0 atom stereocenters. The molecule has 0 spiro atoms. The number of rotatable bonds is 6. The number of aliphatic imine (C=N–C) groups is 1. The van der Waals surface area contributed by atoms with Crippen LogP contribution in [0, 0.1) is 0 Å². The van der Waals surface area contributed by atoms with Gasteiger partial charge in [0.25, 0.3) is 0 Å². The Bertz CT molecular complexity index is 588. The highest BCUT2D eigenvalue weighted by Crippen LogP contribution is 2.49. The van der Waals surface area contributed by atoms with Gasteiger partial charge < -0.3 is 15.5 Å². The largest absolute Gasteiger partial charge is 0.357 e. The maximum atomic E-state index is 11.7. The van der Waals surface area contributed by atoms with Crippen LogP contribution in [0.4, 0.5) is 0 Å². The summed E-state index contributed by atoms with van der Waals surface area (Å²) in [6.45, 7) is 3.66. The van der Waals surface area contributed by atoms with E-state index >= 15 is 0 Å². The molecule has 1 aromatic carbocycles. The molecule has 134 valence electrons. The molecule has 2 N–H and O–H groups in total. The summed E-state index contributed by atoms with van der Waals surface area (Å²) in [5, 5.41) is 7.35. The van der Waals surface area contributed by atoms with E-state index in [4.69, 9.17) is 11.6 Å². The molecule has 0 saturated heterocycles. The molecule has 0 bridgehead atoms. The average Bonchev–Trinajstić information content (AvgIpc) is 3.31. The Morgan fingerprint density at radius 2 is 1.96 bits per heavy atom. The van der Waals surface area contributed by atoms with E-state index < -0.39 is 0 Å². The molecule has 0 unspecified atom stereocenters. The predicted molar refractivity (Wildman–Crippen MR) is 110 cm³/mol. The number of carbonyl (C=O) groups excluding carboxylic acids is 1. The fourth-order valence-electron chi connectivity index (χ4n) is 2.47. The second-order valence-corrected chi connectivity index (χ2v) is 6.50. The molecule has 0 aromatic heterocycles. The van der Waals surface area contributed by atoms with Crippen LogP contribution in [0.1, 0.15) is 25.3 Å². The van der Waals surface area contributed by atoms with Gasteiger partial charge in [-0.25, -0.2) is 4.99 Å². The first-order chi connectivity index (χ1) is 11.0. The summed E-state index contributed by atoms with van der Waals surface area (Å²) >= 11 is 6.34. The lowest BCUT2D eigenvalue weighted by Gasteiger charge is -2.20. The molecule has 1 aromatic rings. The van der Waals surface area contributed by atoms with Gasteiger partial charge in [-0.2, -0.15) is 0 Å². The third-order valence-electron chi connectivity index (χ3n) is 4.11. The van der Waals surface area contributed by atoms with Crippen molar-refractivity contribution >= 4 is 47.4 Å². The number of nitrogens with zero attached hydrogens (tertiary/aromatic N) is 2. The number of halogens is 2. The lowest BCUT2D eigenvalue weighted by Crippen LogP contribution is -2.42. The number of nitrogens with one attached hydrogen (secondary N) is 2. The van der Waals surface area contributed by atoms with E-state index in [0.717, 1.165) is 31.0 Å². The molecule has 7 heteroatoms. The highest BCUT2D eigenvalue weighted by Gasteiger charge is 2.45. The van der Waals surface area contributed by atoms with Crippen molar-refractivity contribution in [3.63, 3.8) is 0 Å². The third kappa shape index (κ3) is 5.51. The molecule has 1 fully saturated rings. The minimum absolute atomic E-state index is 0. The van der Waals surface area contributed by atoms with Crippen LogP contribution in [-0.4, -0.2) is 50.5 Å². The Labute approximate surface area is 166 Å². The van der Waals surface area contributed by atoms with E-state index in [2.05, 4.69) is 21.7 Å². The van der Waals surface area contributed by atoms with E-state index in [1.54, 1.807) is 19.0 Å². The van der Waals surface area contributed by atoms with Crippen LogP contribution >= 0.6 is 35.6 Å². The van der Waals surface area contributed by atoms with Gasteiger partial charge >= 0.3 is 0 Å². The van der Waals surface area contributed by atoms with E-state index in [1.165, 1.54) is 5.56 Å². The van der Waals surface area contributed by atoms with Crippen molar-refractivity contribution in [3.8, 4) is 0 Å². The fraction of sp³-hybridized carbons (Fsp3) is 0.529. The van der Waals surface area contributed by atoms with Gasteiger partial charge in [-0.15, -0.1) is 24.0 Å². The Morgan fingerprint density at radius 1 is 1.29 bits per heavy atom. The molecular weight excluding hydrogens is 439 g/mol. The van der Waals surface area contributed by atoms with Gasteiger partial charge in [-0.3, -0.25) is 4.79 Å². The van der Waals surface area contributed by atoms with Crippen LogP contribution in [0.15, 0.2) is 29.3 Å². The van der Waals surface area contributed by atoms with Gasteiger partial charge in [-0.05, 0) is 31.4 Å². The van der Waals surface area contributed by atoms with E-state index in [0.29, 0.717) is 5.96 Å². The van der Waals surface area contributed by atoms with Crippen molar-refractivity contribution < 1.29 is 4.79 Å². The Balaban J connectivity index is 0.00000288. The Kier molecular flexibility index (Phi) is 8.29. The van der Waals surface area contributed by atoms with Gasteiger partial charge in [0.15, 0.2) is 5.96 Å². The highest BCUT2D eigenvalue weighted by molar-refractivity contribution is 14.0. The molecule has 5 nitrogen and oxygen atoms in total. The second kappa shape index (κ2) is 9.46. The fourth-order valence-corrected chi connectivity index (χ4v) is 2.80. The van der Waals surface area contributed by atoms with Crippen molar-refractivity contribution in [2.24, 2.45) is 4.99 Å². The van der Waals surface area contributed by atoms with Crippen molar-refractivity contribution in [2.45, 2.75) is 25.2 Å². The molecule has 0 radical (unpaired) electrons. The number of benzene rings is 1. The third-order valence-corrected chi connectivity index (χ3v) is 4.44. The molecule has 0 aliphatic heterocycles. The normalized spacial score (nSPS) is 15.2. The summed E-state index contributed by atoms with van der Waals surface area (Å²) in [5.74, 6) is 0.649. The van der Waals surface area contributed by atoms with Crippen LogP contribution in [0.25, 0.3) is 0 Å². The molecule has 1 aliphatic carbocycles. The van der Waals surface area contributed by atoms with Crippen LogP contribution in [0.2, 0.25) is 5.02 Å². The van der Waals surface area contributed by atoms with Gasteiger partial charge in [0.05, 0.1) is 0 Å². The summed E-state index contributed by atoms with van der Waals surface area (Å²) in [7, 11) is 3.46. The predicted octanol–water partition coefficient (Wildman–Crippen LogP) is 2.63. The van der Waals surface area contributed by atoms with Crippen LogP contribution in [0.3, 0.4) is 0 Å². The molecule has 2 rings (SSSR count). The molecule has 24 heavy (non-hydrogen) atoms. The summed E-state index contributed by atoms with van der Waals surface area (Å²) in [6, 6.07) is 8.01. The average molecular weight is 465 g/mol. The first-order valence-electron chi connectivity index (χ1n) is 7.96. The van der Waals surface area contributed by atoms with Crippen molar-refractivity contribution in [1.82, 2.24) is 15.5 Å². The monoisotopic (exact) mass is 464 g/mol. The first-order valence-corrected chi connectivity index (χ1v) is 8.33. The van der Waals surface area contributed by atoms with Gasteiger partial charge in [-0.1, -0.05) is 29.8 Å². The van der Waals surface area contributed by atoms with E-state index in [9.17, 15) is 4.79 Å². The van der Waals surface area contributed by atoms with Gasteiger partial charge in [0.2, 0.25) is 5.91 Å². The van der Waals surface area contributed by atoms with Crippen LogP contribution in [0.5, 0.6) is 0 Å². The summed E-state index contributed by atoms with van der Waals surface area (Å²) in [4.78, 5) is 17.6. The van der Waals surface area contributed by atoms with Crippen molar-refractivity contribution in [3.05, 3.63) is 34.9 Å². The Morgan fingerprint density at radius 3 is 2.50 bits per heavy atom. The molecule has 0 heterocycles. The lowest BCUT2D eigenvalue weighted by atomic mass is 9.96. The minimum atomic E-state index is -0.0190. The van der Waals surface area contributed by atoms with Crippen molar-refractivity contribution in [1.29, 1.82) is 0 Å². The second-order valence-electron chi connectivity index (χ2n) is 6.10. The quantitative estimate of drug-likeness (QED) is 0.387. The van der Waals surface area contributed by atoms with E-state index in [-0.39, 0.29) is 41.8 Å². The van der Waals surface area contributed by atoms with Gasteiger partial charge in [0.1, 0.15) is 6.54 Å². The number of amides is 1. The summed E-state index contributed by atoms with van der Waals surface area (Å²) < 4.78 is 0. The minimum Gasteiger partial charge on any atom is -0.357 e. The SMILES string of the molecule is CCNC(=NCC(=O)N(C)C)NCC1(c2ccccc2Cl)CC1.I. The topological polar surface area (TPSA) is 56.7 Å². The van der Waals surface area contributed by atoms with Crippen LogP contribution in [-0.2, 0) is 10.2 Å². The zero-order valence-electron chi connectivity index (χ0n) is 14.4. The summed E-state index contributed by atoms with van der Waals surface area (Å²) in [5.41, 5.74) is 1.27. The molecule has 1 saturated carbocycles. The number of hydrogen-bond acceptors (Lipinski definition) is 2. The first kappa shape index (κ1) is 21.0. The lowest BCUT2D eigenvalue weighted by molar-refractivity contribution is -0.127. The maximum Gasteiger partial charge on any atom is 0.243 e. The highest BCUT2D eigenvalue weighted by atomic mass is 127. The maximum absolute atomic E-state index is 11.7. The molecule has 1 aliphatic rings. The summed E-state index contributed by atoms with van der Waals surface area (Å²) in [6.07, 6.45) is 2.22. The Hall–Kier alpha value is -1.02. The number of guanidine groups is 1. The smallest absolute Gasteiger partial charge is 0.243 e. The number of likely N-dealkylation sites (N-methyl/N-ethyl adjacent to an activating group) is 1. The van der Waals surface area contributed by atoms with Crippen molar-refractivity contribution in [2.75, 3.05) is 33.7 Å². The number of carbonyl (C=O) groups is 1.